The lowest BCUT2D eigenvalue weighted by molar-refractivity contribution is -0.143. The van der Waals surface area contributed by atoms with Gasteiger partial charge in [0.05, 0.1) is 18.8 Å². The minimum Gasteiger partial charge on any atom is -0.469 e. The Balaban J connectivity index is 1.94. The standard InChI is InChI=1S/C14H24ClNO4S/c1-13(2,9-15)10-21(18,19)16-6-4-14(5-7-16)8-11(14)12(17)20-3/h11H,4-10H2,1-3H3. The number of sulfonamides is 1. The molecule has 1 aliphatic heterocycles. The topological polar surface area (TPSA) is 63.7 Å². The largest absolute Gasteiger partial charge is 0.469 e. The second-order valence-electron chi connectivity index (χ2n) is 7.10. The van der Waals surface area contributed by atoms with Crippen molar-refractivity contribution in [3.05, 3.63) is 0 Å². The van der Waals surface area contributed by atoms with Crippen molar-refractivity contribution in [2.45, 2.75) is 33.1 Å². The number of hydrogen-bond donors (Lipinski definition) is 0. The minimum absolute atomic E-state index is 0.0128. The highest BCUT2D eigenvalue weighted by molar-refractivity contribution is 7.89. The molecule has 1 heterocycles. The number of halogens is 1. The fourth-order valence-corrected chi connectivity index (χ4v) is 5.43. The van der Waals surface area contributed by atoms with Crippen molar-refractivity contribution < 1.29 is 17.9 Å². The van der Waals surface area contributed by atoms with Gasteiger partial charge >= 0.3 is 5.97 Å². The molecule has 0 radical (unpaired) electrons. The van der Waals surface area contributed by atoms with Crippen molar-refractivity contribution in [3.8, 4) is 0 Å². The zero-order valence-electron chi connectivity index (χ0n) is 12.9. The molecule has 5 nitrogen and oxygen atoms in total. The Morgan fingerprint density at radius 1 is 1.38 bits per heavy atom. The normalized spacial score (nSPS) is 25.8. The van der Waals surface area contributed by atoms with Crippen LogP contribution < -0.4 is 0 Å². The Bertz CT molecular complexity index is 509. The van der Waals surface area contributed by atoms with Gasteiger partial charge in [0, 0.05) is 19.0 Å². The van der Waals surface area contributed by atoms with Crippen LogP contribution >= 0.6 is 11.6 Å². The van der Waals surface area contributed by atoms with Gasteiger partial charge in [0.2, 0.25) is 10.0 Å². The highest BCUT2D eigenvalue weighted by atomic mass is 35.5. The van der Waals surface area contributed by atoms with E-state index in [0.717, 1.165) is 19.3 Å². The summed E-state index contributed by atoms with van der Waals surface area (Å²) in [7, 11) is -1.88. The number of rotatable bonds is 5. The molecule has 1 unspecified atom stereocenters. The van der Waals surface area contributed by atoms with E-state index in [1.807, 2.05) is 13.8 Å². The summed E-state index contributed by atoms with van der Waals surface area (Å²) >= 11 is 5.83. The fourth-order valence-electron chi connectivity index (χ4n) is 3.21. The number of methoxy groups -OCH3 is 1. The van der Waals surface area contributed by atoms with Crippen molar-refractivity contribution in [2.75, 3.05) is 31.8 Å². The highest BCUT2D eigenvalue weighted by Crippen LogP contribution is 2.60. The second kappa shape index (κ2) is 5.70. The molecule has 0 bridgehead atoms. The zero-order valence-corrected chi connectivity index (χ0v) is 14.5. The Morgan fingerprint density at radius 2 is 1.95 bits per heavy atom. The lowest BCUT2D eigenvalue weighted by Crippen LogP contribution is -2.43. The van der Waals surface area contributed by atoms with Crippen molar-refractivity contribution in [2.24, 2.45) is 16.7 Å². The van der Waals surface area contributed by atoms with Crippen LogP contribution in [0.5, 0.6) is 0 Å². The van der Waals surface area contributed by atoms with Gasteiger partial charge in [0.25, 0.3) is 0 Å². The van der Waals surface area contributed by atoms with Crippen LogP contribution in [0, 0.1) is 16.7 Å². The maximum atomic E-state index is 12.4. The lowest BCUT2D eigenvalue weighted by atomic mass is 9.92. The molecule has 1 aliphatic carbocycles. The number of nitrogens with zero attached hydrogens (tertiary/aromatic N) is 1. The summed E-state index contributed by atoms with van der Waals surface area (Å²) in [6.45, 7) is 4.71. The molecular formula is C14H24ClNO4S. The first-order valence-electron chi connectivity index (χ1n) is 7.27. The number of piperidine rings is 1. The van der Waals surface area contributed by atoms with Crippen LogP contribution in [0.2, 0.25) is 0 Å². The lowest BCUT2D eigenvalue weighted by Gasteiger charge is -2.34. The average Bonchev–Trinajstić information content (AvgIpc) is 3.11. The van der Waals surface area contributed by atoms with Crippen LogP contribution in [0.4, 0.5) is 0 Å². The Hall–Kier alpha value is -0.330. The third kappa shape index (κ3) is 3.54. The van der Waals surface area contributed by atoms with E-state index in [4.69, 9.17) is 16.3 Å². The summed E-state index contributed by atoms with van der Waals surface area (Å²) in [4.78, 5) is 11.6. The third-order valence-corrected chi connectivity index (χ3v) is 7.74. The second-order valence-corrected chi connectivity index (χ2v) is 9.33. The molecule has 0 aromatic heterocycles. The summed E-state index contributed by atoms with van der Waals surface area (Å²) in [5, 5.41) is 0. The van der Waals surface area contributed by atoms with Crippen LogP contribution in [0.3, 0.4) is 0 Å². The molecule has 0 aromatic carbocycles. The van der Waals surface area contributed by atoms with Crippen LogP contribution in [-0.2, 0) is 19.6 Å². The van der Waals surface area contributed by atoms with E-state index < -0.39 is 15.4 Å². The third-order valence-electron chi connectivity index (χ3n) is 4.72. The molecule has 1 atom stereocenters. The predicted molar refractivity (Wildman–Crippen MR) is 81.7 cm³/mol. The Morgan fingerprint density at radius 3 is 2.43 bits per heavy atom. The summed E-state index contributed by atoms with van der Waals surface area (Å²) in [6, 6.07) is 0. The number of alkyl halides is 1. The van der Waals surface area contributed by atoms with E-state index in [1.54, 1.807) is 4.31 Å². The van der Waals surface area contributed by atoms with Gasteiger partial charge in [-0.15, -0.1) is 11.6 Å². The number of ether oxygens (including phenoxy) is 1. The van der Waals surface area contributed by atoms with Gasteiger partial charge in [-0.3, -0.25) is 4.79 Å². The quantitative estimate of drug-likeness (QED) is 0.567. The molecule has 1 saturated heterocycles. The molecule has 1 spiro atoms. The first kappa shape index (κ1) is 17.0. The molecule has 2 fully saturated rings. The van der Waals surface area contributed by atoms with Crippen molar-refractivity contribution in [3.63, 3.8) is 0 Å². The molecule has 0 amide bonds. The van der Waals surface area contributed by atoms with E-state index >= 15 is 0 Å². The molecule has 0 N–H and O–H groups in total. The monoisotopic (exact) mass is 337 g/mol. The first-order chi connectivity index (χ1) is 9.66. The summed E-state index contributed by atoms with van der Waals surface area (Å²) < 4.78 is 31.2. The number of carbonyl (C=O) groups is 1. The van der Waals surface area contributed by atoms with E-state index in [0.29, 0.717) is 19.0 Å². The molecule has 2 rings (SSSR count). The molecule has 1 saturated carbocycles. The Kier molecular flexibility index (Phi) is 4.63. The molecule has 122 valence electrons. The van der Waals surface area contributed by atoms with Crippen molar-refractivity contribution >= 4 is 27.6 Å². The number of hydrogen-bond acceptors (Lipinski definition) is 4. The summed E-state index contributed by atoms with van der Waals surface area (Å²) in [5.41, 5.74) is -0.440. The minimum atomic E-state index is -3.29. The SMILES string of the molecule is COC(=O)C1CC12CCN(S(=O)(=O)CC(C)(C)CCl)CC2. The van der Waals surface area contributed by atoms with Gasteiger partial charge in [-0.25, -0.2) is 12.7 Å². The van der Waals surface area contributed by atoms with Crippen LogP contribution in [0.1, 0.15) is 33.1 Å². The Labute approximate surface area is 132 Å². The fraction of sp³-hybridized carbons (Fsp3) is 0.929. The molecule has 21 heavy (non-hydrogen) atoms. The van der Waals surface area contributed by atoms with Crippen LogP contribution in [0.15, 0.2) is 0 Å². The van der Waals surface area contributed by atoms with E-state index in [2.05, 4.69) is 0 Å². The van der Waals surface area contributed by atoms with E-state index in [1.165, 1.54) is 7.11 Å². The number of carbonyl (C=O) groups excluding carboxylic acids is 1. The summed E-state index contributed by atoms with van der Waals surface area (Å²) in [5.74, 6) is 0.187. The maximum absolute atomic E-state index is 12.4. The van der Waals surface area contributed by atoms with Gasteiger partial charge in [0.15, 0.2) is 0 Å². The zero-order chi connectivity index (χ0) is 15.9. The van der Waals surface area contributed by atoms with Gasteiger partial charge in [0.1, 0.15) is 0 Å². The summed E-state index contributed by atoms with van der Waals surface area (Å²) in [6.07, 6.45) is 2.32. The highest BCUT2D eigenvalue weighted by Gasteiger charge is 2.59. The van der Waals surface area contributed by atoms with Gasteiger partial charge in [-0.2, -0.15) is 0 Å². The molecular weight excluding hydrogens is 314 g/mol. The van der Waals surface area contributed by atoms with Crippen molar-refractivity contribution in [1.29, 1.82) is 0 Å². The van der Waals surface area contributed by atoms with E-state index in [-0.39, 0.29) is 23.1 Å². The predicted octanol–water partition coefficient (Wildman–Crippen LogP) is 1.86. The van der Waals surface area contributed by atoms with Crippen molar-refractivity contribution in [1.82, 2.24) is 4.31 Å². The van der Waals surface area contributed by atoms with E-state index in [9.17, 15) is 13.2 Å². The van der Waals surface area contributed by atoms with Gasteiger partial charge in [-0.1, -0.05) is 13.8 Å². The van der Waals surface area contributed by atoms with Crippen LogP contribution in [0.25, 0.3) is 0 Å². The molecule has 2 aliphatic rings. The number of esters is 1. The maximum Gasteiger partial charge on any atom is 0.309 e. The molecule has 0 aromatic rings. The first-order valence-corrected chi connectivity index (χ1v) is 9.42. The average molecular weight is 338 g/mol. The van der Waals surface area contributed by atoms with Gasteiger partial charge < -0.3 is 4.74 Å². The smallest absolute Gasteiger partial charge is 0.309 e. The van der Waals surface area contributed by atoms with Crippen LogP contribution in [-0.4, -0.2) is 50.5 Å². The molecule has 7 heteroatoms. The van der Waals surface area contributed by atoms with Gasteiger partial charge in [-0.05, 0) is 30.1 Å².